The van der Waals surface area contributed by atoms with Gasteiger partial charge in [-0.2, -0.15) is 0 Å². The molecule has 72 valence electrons. The van der Waals surface area contributed by atoms with Gasteiger partial charge in [0.05, 0.1) is 6.10 Å². The summed E-state index contributed by atoms with van der Waals surface area (Å²) in [6.45, 7) is 12.0. The van der Waals surface area contributed by atoms with Gasteiger partial charge in [-0.25, -0.2) is 0 Å². The van der Waals surface area contributed by atoms with Gasteiger partial charge in [-0.3, -0.25) is 0 Å². The molecule has 2 unspecified atom stereocenters. The molecule has 0 fully saturated rings. The summed E-state index contributed by atoms with van der Waals surface area (Å²) in [6, 6.07) is 0. The number of hydrogen-bond acceptors (Lipinski definition) is 1. The van der Waals surface area contributed by atoms with E-state index in [9.17, 15) is 5.11 Å². The van der Waals surface area contributed by atoms with Crippen molar-refractivity contribution in [3.05, 3.63) is 12.7 Å². The number of aliphatic hydroxyl groups excluding tert-OH is 1. The third-order valence-corrected chi connectivity index (χ3v) is 2.19. The highest BCUT2D eigenvalue weighted by Crippen LogP contribution is 2.25. The Hall–Kier alpha value is -0.300. The molecule has 0 aromatic heterocycles. The topological polar surface area (TPSA) is 20.2 Å². The van der Waals surface area contributed by atoms with Crippen LogP contribution in [0.4, 0.5) is 0 Å². The molecule has 12 heavy (non-hydrogen) atoms. The lowest BCUT2D eigenvalue weighted by Gasteiger charge is -2.27. The summed E-state index contributed by atoms with van der Waals surface area (Å²) in [5.74, 6) is 0.539. The van der Waals surface area contributed by atoms with E-state index in [4.69, 9.17) is 0 Å². The lowest BCUT2D eigenvalue weighted by molar-refractivity contribution is 0.0435. The van der Waals surface area contributed by atoms with Crippen LogP contribution in [0.15, 0.2) is 12.7 Å². The van der Waals surface area contributed by atoms with Crippen molar-refractivity contribution >= 4 is 0 Å². The lowest BCUT2D eigenvalue weighted by atomic mass is 9.83. The van der Waals surface area contributed by atoms with Crippen LogP contribution in [0.25, 0.3) is 0 Å². The van der Waals surface area contributed by atoms with Crippen LogP contribution < -0.4 is 0 Å². The maximum absolute atomic E-state index is 9.75. The van der Waals surface area contributed by atoms with Crippen LogP contribution in [0.1, 0.15) is 40.5 Å². The molecular formula is C11H22O. The molecule has 0 rings (SSSR count). The smallest absolute Gasteiger partial charge is 0.0591 e. The van der Waals surface area contributed by atoms with Crippen LogP contribution in [0, 0.1) is 11.3 Å². The minimum absolute atomic E-state index is 0.00936. The van der Waals surface area contributed by atoms with Crippen LogP contribution in [0.2, 0.25) is 0 Å². The van der Waals surface area contributed by atoms with Gasteiger partial charge in [0.2, 0.25) is 0 Å². The van der Waals surface area contributed by atoms with Crippen LogP contribution in [0.3, 0.4) is 0 Å². The second-order valence-electron chi connectivity index (χ2n) is 4.75. The van der Waals surface area contributed by atoms with Crippen LogP contribution in [-0.2, 0) is 0 Å². The number of hydrogen-bond donors (Lipinski definition) is 1. The summed E-state index contributed by atoms with van der Waals surface area (Å²) in [6.07, 6.45) is 3.58. The Morgan fingerprint density at radius 3 is 2.25 bits per heavy atom. The van der Waals surface area contributed by atoms with Crippen LogP contribution in [-0.4, -0.2) is 11.2 Å². The minimum Gasteiger partial charge on any atom is -0.393 e. The van der Waals surface area contributed by atoms with E-state index in [2.05, 4.69) is 34.3 Å². The highest BCUT2D eigenvalue weighted by molar-refractivity contribution is 4.78. The Kier molecular flexibility index (Phi) is 4.54. The number of rotatable bonds is 4. The SMILES string of the molecule is C=CCC(C)CC(O)C(C)(C)C. The predicted octanol–water partition coefficient (Wildman–Crippen LogP) is 3.00. The van der Waals surface area contributed by atoms with Crippen molar-refractivity contribution in [2.24, 2.45) is 11.3 Å². The molecule has 0 heterocycles. The van der Waals surface area contributed by atoms with Crippen molar-refractivity contribution in [2.75, 3.05) is 0 Å². The van der Waals surface area contributed by atoms with Gasteiger partial charge < -0.3 is 5.11 Å². The van der Waals surface area contributed by atoms with E-state index in [1.54, 1.807) is 0 Å². The van der Waals surface area contributed by atoms with Crippen molar-refractivity contribution in [1.29, 1.82) is 0 Å². The van der Waals surface area contributed by atoms with E-state index in [0.717, 1.165) is 12.8 Å². The first kappa shape index (κ1) is 11.7. The molecule has 0 aliphatic heterocycles. The van der Waals surface area contributed by atoms with Gasteiger partial charge in [0.1, 0.15) is 0 Å². The van der Waals surface area contributed by atoms with Crippen molar-refractivity contribution < 1.29 is 5.11 Å². The van der Waals surface area contributed by atoms with Crippen LogP contribution >= 0.6 is 0 Å². The maximum atomic E-state index is 9.75. The molecule has 0 aliphatic carbocycles. The molecule has 0 aromatic rings. The molecule has 0 saturated carbocycles. The fourth-order valence-corrected chi connectivity index (χ4v) is 1.12. The monoisotopic (exact) mass is 170 g/mol. The molecule has 0 saturated heterocycles. The van der Waals surface area contributed by atoms with E-state index >= 15 is 0 Å². The molecule has 1 N–H and O–H groups in total. The third kappa shape index (κ3) is 4.55. The average Bonchev–Trinajstić information content (AvgIpc) is 1.85. The zero-order valence-electron chi connectivity index (χ0n) is 8.80. The van der Waals surface area contributed by atoms with E-state index in [1.807, 2.05) is 6.08 Å². The molecule has 0 amide bonds. The molecule has 1 heteroatoms. The summed E-state index contributed by atoms with van der Waals surface area (Å²) in [5.41, 5.74) is 0.00936. The average molecular weight is 170 g/mol. The largest absolute Gasteiger partial charge is 0.393 e. The van der Waals surface area contributed by atoms with Crippen molar-refractivity contribution in [3.8, 4) is 0 Å². The van der Waals surface area contributed by atoms with Gasteiger partial charge in [0, 0.05) is 0 Å². The molecule has 1 nitrogen and oxygen atoms in total. The first-order valence-corrected chi connectivity index (χ1v) is 4.67. The van der Waals surface area contributed by atoms with Gasteiger partial charge in [0.25, 0.3) is 0 Å². The van der Waals surface area contributed by atoms with E-state index in [1.165, 1.54) is 0 Å². The fourth-order valence-electron chi connectivity index (χ4n) is 1.12. The molecule has 0 radical (unpaired) electrons. The highest BCUT2D eigenvalue weighted by atomic mass is 16.3. The molecule has 2 atom stereocenters. The van der Waals surface area contributed by atoms with Crippen LogP contribution in [0.5, 0.6) is 0 Å². The Bertz CT molecular complexity index is 132. The summed E-state index contributed by atoms with van der Waals surface area (Å²) in [4.78, 5) is 0. The van der Waals surface area contributed by atoms with E-state index in [-0.39, 0.29) is 11.5 Å². The molecule has 0 spiro atoms. The Balaban J connectivity index is 3.83. The second kappa shape index (κ2) is 4.66. The first-order chi connectivity index (χ1) is 5.38. The standard InChI is InChI=1S/C11H22O/c1-6-7-9(2)8-10(12)11(3,4)5/h6,9-10,12H,1,7-8H2,2-5H3. The molecule has 0 aliphatic rings. The van der Waals surface area contributed by atoms with Crippen molar-refractivity contribution in [1.82, 2.24) is 0 Å². The van der Waals surface area contributed by atoms with E-state index < -0.39 is 0 Å². The maximum Gasteiger partial charge on any atom is 0.0591 e. The third-order valence-electron chi connectivity index (χ3n) is 2.19. The predicted molar refractivity (Wildman–Crippen MR) is 54.1 cm³/mol. The number of allylic oxidation sites excluding steroid dienone is 1. The molecule has 0 aromatic carbocycles. The summed E-state index contributed by atoms with van der Waals surface area (Å²) in [5, 5.41) is 9.75. The van der Waals surface area contributed by atoms with Crippen molar-refractivity contribution in [2.45, 2.75) is 46.6 Å². The highest BCUT2D eigenvalue weighted by Gasteiger charge is 2.23. The summed E-state index contributed by atoms with van der Waals surface area (Å²) < 4.78 is 0. The summed E-state index contributed by atoms with van der Waals surface area (Å²) >= 11 is 0. The van der Waals surface area contributed by atoms with Gasteiger partial charge in [-0.1, -0.05) is 33.8 Å². The van der Waals surface area contributed by atoms with Gasteiger partial charge in [-0.15, -0.1) is 6.58 Å². The Labute approximate surface area is 76.5 Å². The van der Waals surface area contributed by atoms with E-state index in [0.29, 0.717) is 5.92 Å². The lowest BCUT2D eigenvalue weighted by Crippen LogP contribution is -2.27. The number of aliphatic hydroxyl groups is 1. The van der Waals surface area contributed by atoms with Gasteiger partial charge >= 0.3 is 0 Å². The van der Waals surface area contributed by atoms with Gasteiger partial charge in [0.15, 0.2) is 0 Å². The Morgan fingerprint density at radius 1 is 1.42 bits per heavy atom. The van der Waals surface area contributed by atoms with Gasteiger partial charge in [-0.05, 0) is 24.2 Å². The minimum atomic E-state index is -0.201. The molecule has 0 bridgehead atoms. The first-order valence-electron chi connectivity index (χ1n) is 4.67. The second-order valence-corrected chi connectivity index (χ2v) is 4.75. The summed E-state index contributed by atoms with van der Waals surface area (Å²) in [7, 11) is 0. The quantitative estimate of drug-likeness (QED) is 0.643. The zero-order chi connectivity index (χ0) is 9.78. The zero-order valence-corrected chi connectivity index (χ0v) is 8.80. The fraction of sp³-hybridized carbons (Fsp3) is 0.818. The normalized spacial score (nSPS) is 17.1. The Morgan fingerprint density at radius 2 is 1.92 bits per heavy atom. The molecular weight excluding hydrogens is 148 g/mol. The van der Waals surface area contributed by atoms with Crippen molar-refractivity contribution in [3.63, 3.8) is 0 Å².